The molecular formula is C17H25NO. The van der Waals surface area contributed by atoms with Crippen molar-refractivity contribution in [2.24, 2.45) is 5.41 Å². The van der Waals surface area contributed by atoms with Gasteiger partial charge in [-0.2, -0.15) is 0 Å². The van der Waals surface area contributed by atoms with Crippen LogP contribution >= 0.6 is 0 Å². The van der Waals surface area contributed by atoms with E-state index in [4.69, 9.17) is 0 Å². The van der Waals surface area contributed by atoms with Gasteiger partial charge in [0.1, 0.15) is 0 Å². The second kappa shape index (κ2) is 4.92. The average molecular weight is 259 g/mol. The summed E-state index contributed by atoms with van der Waals surface area (Å²) in [6, 6.07) is 9.87. The summed E-state index contributed by atoms with van der Waals surface area (Å²) in [6.07, 6.45) is 5.21. The van der Waals surface area contributed by atoms with Gasteiger partial charge < -0.3 is 10.4 Å². The van der Waals surface area contributed by atoms with Crippen LogP contribution in [0.4, 0.5) is 0 Å². The summed E-state index contributed by atoms with van der Waals surface area (Å²) in [7, 11) is 0. The van der Waals surface area contributed by atoms with E-state index in [1.807, 2.05) is 0 Å². The Kier molecular flexibility index (Phi) is 3.40. The van der Waals surface area contributed by atoms with Gasteiger partial charge in [0.25, 0.3) is 0 Å². The molecule has 2 heteroatoms. The van der Waals surface area contributed by atoms with E-state index in [1.54, 1.807) is 0 Å². The van der Waals surface area contributed by atoms with Crippen LogP contribution in [0, 0.1) is 5.41 Å². The van der Waals surface area contributed by atoms with Crippen LogP contribution in [0.1, 0.15) is 56.7 Å². The molecule has 2 aliphatic rings. The number of nitrogens with one attached hydrogen (secondary N) is 1. The molecule has 1 aromatic carbocycles. The van der Waals surface area contributed by atoms with E-state index in [0.717, 1.165) is 32.1 Å². The van der Waals surface area contributed by atoms with Crippen molar-refractivity contribution in [3.63, 3.8) is 0 Å². The summed E-state index contributed by atoms with van der Waals surface area (Å²) in [4.78, 5) is 0. The van der Waals surface area contributed by atoms with Crippen molar-refractivity contribution in [3.05, 3.63) is 35.4 Å². The molecule has 1 fully saturated rings. The van der Waals surface area contributed by atoms with Gasteiger partial charge in [-0.25, -0.2) is 0 Å². The Labute approximate surface area is 116 Å². The Hall–Kier alpha value is -0.860. The summed E-state index contributed by atoms with van der Waals surface area (Å²) in [6.45, 7) is 4.73. The van der Waals surface area contributed by atoms with Gasteiger partial charge in [0.15, 0.2) is 0 Å². The minimum atomic E-state index is -0.0677. The number of aliphatic hydroxyl groups is 1. The van der Waals surface area contributed by atoms with E-state index < -0.39 is 0 Å². The lowest BCUT2D eigenvalue weighted by molar-refractivity contribution is 0.108. The molecule has 0 amide bonds. The standard InChI is InChI=1S/C17H25NO/c1-17(2)11-12-5-3-4-6-15(12)16(17)18-13-7-9-14(19)10-8-13/h3-6,13-14,16,18-19H,7-11H2,1-2H3. The van der Waals surface area contributed by atoms with Crippen molar-refractivity contribution in [3.8, 4) is 0 Å². The Morgan fingerprint density at radius 1 is 1.11 bits per heavy atom. The molecule has 3 rings (SSSR count). The first-order valence-electron chi connectivity index (χ1n) is 7.58. The predicted octanol–water partition coefficient (Wildman–Crippen LogP) is 3.20. The molecule has 1 saturated carbocycles. The maximum absolute atomic E-state index is 9.62. The highest BCUT2D eigenvalue weighted by Crippen LogP contribution is 2.45. The summed E-state index contributed by atoms with van der Waals surface area (Å²) >= 11 is 0. The van der Waals surface area contributed by atoms with Crippen LogP contribution in [0.2, 0.25) is 0 Å². The zero-order valence-electron chi connectivity index (χ0n) is 12.0. The quantitative estimate of drug-likeness (QED) is 0.855. The van der Waals surface area contributed by atoms with Crippen molar-refractivity contribution in [2.45, 2.75) is 64.1 Å². The monoisotopic (exact) mass is 259 g/mol. The first-order chi connectivity index (χ1) is 9.06. The topological polar surface area (TPSA) is 32.3 Å². The molecule has 2 nitrogen and oxygen atoms in total. The smallest absolute Gasteiger partial charge is 0.0541 e. The zero-order chi connectivity index (χ0) is 13.5. The van der Waals surface area contributed by atoms with E-state index in [2.05, 4.69) is 43.4 Å². The number of hydrogen-bond acceptors (Lipinski definition) is 2. The average Bonchev–Trinajstić information content (AvgIpc) is 2.63. The highest BCUT2D eigenvalue weighted by Gasteiger charge is 2.39. The molecular weight excluding hydrogens is 234 g/mol. The third-order valence-corrected chi connectivity index (χ3v) is 4.89. The second-order valence-corrected chi connectivity index (χ2v) is 6.97. The van der Waals surface area contributed by atoms with Gasteiger partial charge >= 0.3 is 0 Å². The lowest BCUT2D eigenvalue weighted by Gasteiger charge is -2.35. The Morgan fingerprint density at radius 2 is 1.79 bits per heavy atom. The van der Waals surface area contributed by atoms with Crippen molar-refractivity contribution >= 4 is 0 Å². The summed E-state index contributed by atoms with van der Waals surface area (Å²) in [5.41, 5.74) is 3.28. The van der Waals surface area contributed by atoms with E-state index in [0.29, 0.717) is 17.5 Å². The lowest BCUT2D eigenvalue weighted by Crippen LogP contribution is -2.41. The Balaban J connectivity index is 1.76. The molecule has 104 valence electrons. The maximum atomic E-state index is 9.62. The van der Waals surface area contributed by atoms with Crippen LogP contribution < -0.4 is 5.32 Å². The highest BCUT2D eigenvalue weighted by atomic mass is 16.3. The van der Waals surface area contributed by atoms with E-state index in [1.165, 1.54) is 11.1 Å². The Bertz CT molecular complexity index is 446. The molecule has 0 heterocycles. The molecule has 0 aliphatic heterocycles. The third-order valence-electron chi connectivity index (χ3n) is 4.89. The first kappa shape index (κ1) is 13.1. The van der Waals surface area contributed by atoms with Gasteiger partial charge in [0, 0.05) is 12.1 Å². The second-order valence-electron chi connectivity index (χ2n) is 6.97. The number of benzene rings is 1. The number of rotatable bonds is 2. The number of fused-ring (bicyclic) bond motifs is 1. The zero-order valence-corrected chi connectivity index (χ0v) is 12.0. The van der Waals surface area contributed by atoms with Crippen molar-refractivity contribution in [1.82, 2.24) is 5.32 Å². The van der Waals surface area contributed by atoms with Crippen LogP contribution in [0.15, 0.2) is 24.3 Å². The van der Waals surface area contributed by atoms with Crippen molar-refractivity contribution < 1.29 is 5.11 Å². The van der Waals surface area contributed by atoms with Gasteiger partial charge in [0.05, 0.1) is 6.10 Å². The fourth-order valence-electron chi connectivity index (χ4n) is 3.78. The molecule has 0 radical (unpaired) electrons. The number of hydrogen-bond donors (Lipinski definition) is 2. The van der Waals surface area contributed by atoms with E-state index in [-0.39, 0.29) is 6.10 Å². The van der Waals surface area contributed by atoms with Crippen LogP contribution in [0.25, 0.3) is 0 Å². The summed E-state index contributed by atoms with van der Waals surface area (Å²) in [5, 5.41) is 13.5. The van der Waals surface area contributed by atoms with Crippen LogP contribution in [0.5, 0.6) is 0 Å². The van der Waals surface area contributed by atoms with Gasteiger partial charge in [0.2, 0.25) is 0 Å². The van der Waals surface area contributed by atoms with Crippen molar-refractivity contribution in [2.75, 3.05) is 0 Å². The third kappa shape index (κ3) is 2.56. The van der Waals surface area contributed by atoms with Crippen LogP contribution in [-0.4, -0.2) is 17.3 Å². The van der Waals surface area contributed by atoms with Gasteiger partial charge in [-0.3, -0.25) is 0 Å². The maximum Gasteiger partial charge on any atom is 0.0541 e. The molecule has 0 saturated heterocycles. The molecule has 1 unspecified atom stereocenters. The molecule has 0 aromatic heterocycles. The lowest BCUT2D eigenvalue weighted by atomic mass is 9.83. The predicted molar refractivity (Wildman–Crippen MR) is 78.1 cm³/mol. The van der Waals surface area contributed by atoms with E-state index >= 15 is 0 Å². The SMILES string of the molecule is CC1(C)Cc2ccccc2C1NC1CCC(O)CC1. The molecule has 2 N–H and O–H groups in total. The molecule has 0 spiro atoms. The molecule has 1 aromatic rings. The number of aliphatic hydroxyl groups excluding tert-OH is 1. The highest BCUT2D eigenvalue weighted by molar-refractivity contribution is 5.37. The van der Waals surface area contributed by atoms with Crippen molar-refractivity contribution in [1.29, 1.82) is 0 Å². The van der Waals surface area contributed by atoms with E-state index in [9.17, 15) is 5.11 Å². The van der Waals surface area contributed by atoms with Crippen LogP contribution in [0.3, 0.4) is 0 Å². The summed E-state index contributed by atoms with van der Waals surface area (Å²) in [5.74, 6) is 0. The first-order valence-corrected chi connectivity index (χ1v) is 7.58. The van der Waals surface area contributed by atoms with Crippen LogP contribution in [-0.2, 0) is 6.42 Å². The normalized spacial score (nSPS) is 33.1. The molecule has 0 bridgehead atoms. The molecule has 19 heavy (non-hydrogen) atoms. The Morgan fingerprint density at radius 3 is 2.53 bits per heavy atom. The molecule has 2 aliphatic carbocycles. The fraction of sp³-hybridized carbons (Fsp3) is 0.647. The molecule has 1 atom stereocenters. The minimum absolute atomic E-state index is 0.0677. The fourth-order valence-corrected chi connectivity index (χ4v) is 3.78. The minimum Gasteiger partial charge on any atom is -0.393 e. The largest absolute Gasteiger partial charge is 0.393 e. The van der Waals surface area contributed by atoms with Gasteiger partial charge in [-0.05, 0) is 48.6 Å². The van der Waals surface area contributed by atoms with Gasteiger partial charge in [-0.15, -0.1) is 0 Å². The van der Waals surface area contributed by atoms with Gasteiger partial charge in [-0.1, -0.05) is 38.1 Å². The summed E-state index contributed by atoms with van der Waals surface area (Å²) < 4.78 is 0.